The molecule has 3 N–H and O–H groups in total. The van der Waals surface area contributed by atoms with E-state index < -0.39 is 13.6 Å². The van der Waals surface area contributed by atoms with Crippen molar-refractivity contribution in [2.75, 3.05) is 12.8 Å². The number of phosphoric acid groups is 1. The lowest BCUT2D eigenvalue weighted by molar-refractivity contribution is -0.711. The summed E-state index contributed by atoms with van der Waals surface area (Å²) in [5.41, 5.74) is 8.17. The highest BCUT2D eigenvalue weighted by Gasteiger charge is 2.22. The summed E-state index contributed by atoms with van der Waals surface area (Å²) < 4.78 is 46.8. The average Bonchev–Trinajstić information content (AvgIpc) is 3.35. The van der Waals surface area contributed by atoms with Gasteiger partial charge in [0.1, 0.15) is 5.56 Å². The molecular weight excluding hydrogens is 490 g/mol. The maximum absolute atomic E-state index is 13.7. The molecule has 1 atom stereocenters. The van der Waals surface area contributed by atoms with Crippen LogP contribution in [0.1, 0.15) is 25.1 Å². The normalized spacial score (nSPS) is 12.4. The number of benzene rings is 1. The van der Waals surface area contributed by atoms with Crippen molar-refractivity contribution in [3.8, 4) is 23.0 Å². The van der Waals surface area contributed by atoms with Crippen LogP contribution in [0.5, 0.6) is 11.6 Å². The van der Waals surface area contributed by atoms with Crippen molar-refractivity contribution in [3.63, 3.8) is 0 Å². The number of hydrogen-bond donors (Lipinski definition) is 2. The third-order valence-corrected chi connectivity index (χ3v) is 5.67. The molecule has 1 unspecified atom stereocenters. The first-order valence-electron chi connectivity index (χ1n) is 11.0. The number of para-hydroxylation sites is 1. The van der Waals surface area contributed by atoms with E-state index in [1.807, 2.05) is 13.8 Å². The number of hydrogen-bond acceptors (Lipinski definition) is 8. The van der Waals surface area contributed by atoms with Crippen LogP contribution in [0.2, 0.25) is 0 Å². The molecule has 4 aromatic rings. The third kappa shape index (κ3) is 6.96. The number of nitrogen functional groups attached to an aromatic ring is 1. The topological polar surface area (TPSA) is 134 Å². The number of phosphoric ester groups is 1. The summed E-state index contributed by atoms with van der Waals surface area (Å²) in [7, 11) is -3.08. The fourth-order valence-electron chi connectivity index (χ4n) is 3.02. The van der Waals surface area contributed by atoms with Crippen molar-refractivity contribution < 1.29 is 36.7 Å². The molecule has 1 aromatic carbocycles. The van der Waals surface area contributed by atoms with Crippen molar-refractivity contribution in [2.24, 2.45) is 0 Å². The minimum absolute atomic E-state index is 0.0935. The van der Waals surface area contributed by atoms with Gasteiger partial charge in [-0.2, -0.15) is 0 Å². The second-order valence-electron chi connectivity index (χ2n) is 7.08. The van der Waals surface area contributed by atoms with Crippen LogP contribution in [0.15, 0.2) is 71.5 Å². The zero-order valence-corrected chi connectivity index (χ0v) is 20.9. The largest absolute Gasteiger partial charge is 0.475 e. The summed E-state index contributed by atoms with van der Waals surface area (Å²) in [6.07, 6.45) is 3.62. The van der Waals surface area contributed by atoms with E-state index in [0.29, 0.717) is 23.4 Å². The van der Waals surface area contributed by atoms with Gasteiger partial charge < -0.3 is 14.2 Å². The number of aromatic nitrogens is 3. The molecule has 0 bridgehead atoms. The first kappa shape index (κ1) is 27.0. The number of halogens is 1. The molecule has 0 aliphatic carbocycles. The van der Waals surface area contributed by atoms with Crippen molar-refractivity contribution >= 4 is 13.6 Å². The Balaban J connectivity index is 0.00000176. The summed E-state index contributed by atoms with van der Waals surface area (Å²) in [5, 5.41) is 4.07. The molecule has 0 radical (unpaired) electrons. The van der Waals surface area contributed by atoms with Gasteiger partial charge in [0.05, 0.1) is 11.9 Å². The summed E-state index contributed by atoms with van der Waals surface area (Å²) in [5.74, 6) is 0.543. The molecule has 3 heterocycles. The van der Waals surface area contributed by atoms with Crippen LogP contribution in [0.25, 0.3) is 11.3 Å². The van der Waals surface area contributed by atoms with Gasteiger partial charge in [0.2, 0.25) is 12.6 Å². The minimum atomic E-state index is -4.15. The van der Waals surface area contributed by atoms with E-state index >= 15 is 0 Å². The van der Waals surface area contributed by atoms with Crippen molar-refractivity contribution in [2.45, 2.75) is 27.0 Å². The lowest BCUT2D eigenvalue weighted by atomic mass is 10.1. The number of pyridine rings is 2. The second kappa shape index (κ2) is 12.4. The van der Waals surface area contributed by atoms with E-state index in [1.165, 1.54) is 16.7 Å². The second-order valence-corrected chi connectivity index (χ2v) is 8.64. The summed E-state index contributed by atoms with van der Waals surface area (Å²) in [4.78, 5) is 13.6. The molecular formula is C24H27FN4O6P+. The molecule has 12 heteroatoms. The molecule has 36 heavy (non-hydrogen) atoms. The summed E-state index contributed by atoms with van der Waals surface area (Å²) in [6.45, 7) is 3.70. The Morgan fingerprint density at radius 1 is 1.17 bits per heavy atom. The standard InChI is InChI=1S/C22H20FN4O6P.C2H6/c1-30-34(28,29)31-14-27-10-4-5-17(22(27)24)20-12-16(26-33-20)11-15-8-9-21(25-13-15)32-19-7-3-2-6-18(19)23;1-2/h2-10,12-13,24H,11,14H2,1H3,(H,28,29);1-2H3/p+1. The monoisotopic (exact) mass is 517 g/mol. The highest BCUT2D eigenvalue weighted by Crippen LogP contribution is 2.41. The zero-order valence-electron chi connectivity index (χ0n) is 20.0. The van der Waals surface area contributed by atoms with Crippen LogP contribution < -0.4 is 15.0 Å². The number of nitrogens with two attached hydrogens (primary N) is 1. The quantitative estimate of drug-likeness (QED) is 0.235. The number of rotatable bonds is 9. The molecule has 0 fully saturated rings. The van der Waals surface area contributed by atoms with Gasteiger partial charge in [0.25, 0.3) is 5.82 Å². The molecule has 0 aliphatic rings. The predicted octanol–water partition coefficient (Wildman–Crippen LogP) is 4.88. The average molecular weight is 517 g/mol. The van der Waals surface area contributed by atoms with Gasteiger partial charge in [-0.25, -0.2) is 23.0 Å². The lowest BCUT2D eigenvalue weighted by Gasteiger charge is -2.09. The van der Waals surface area contributed by atoms with Gasteiger partial charge >= 0.3 is 7.82 Å². The highest BCUT2D eigenvalue weighted by atomic mass is 31.2. The number of nitrogens with zero attached hydrogens (tertiary/aromatic N) is 3. The Hall–Kier alpha value is -3.63. The SMILES string of the molecule is CC.COP(=O)(O)OC[n+]1cccc(-c2cc(Cc3ccc(Oc4ccccc4F)nc3)no2)c1N. The molecule has 4 rings (SSSR count). The molecule has 10 nitrogen and oxygen atoms in total. The molecule has 0 aliphatic heterocycles. The van der Waals surface area contributed by atoms with Gasteiger partial charge in [-0.05, 0) is 29.8 Å². The van der Waals surface area contributed by atoms with Crippen molar-refractivity contribution in [1.29, 1.82) is 0 Å². The van der Waals surface area contributed by atoms with Crippen molar-refractivity contribution in [3.05, 3.63) is 84.1 Å². The van der Waals surface area contributed by atoms with E-state index in [4.69, 9.17) is 19.5 Å². The summed E-state index contributed by atoms with van der Waals surface area (Å²) in [6, 6.07) is 14.7. The van der Waals surface area contributed by atoms with E-state index in [1.54, 1.807) is 54.9 Å². The van der Waals surface area contributed by atoms with Crippen LogP contribution in [0, 0.1) is 5.82 Å². The van der Waals surface area contributed by atoms with E-state index in [2.05, 4.69) is 14.7 Å². The molecule has 190 valence electrons. The fraction of sp³-hybridized carbons (Fsp3) is 0.208. The molecule has 0 saturated carbocycles. The van der Waals surface area contributed by atoms with Gasteiger partial charge in [-0.1, -0.05) is 37.2 Å². The maximum Gasteiger partial charge on any atom is 0.475 e. The van der Waals surface area contributed by atoms with Crippen LogP contribution in [0.3, 0.4) is 0 Å². The van der Waals surface area contributed by atoms with Gasteiger partial charge in [0, 0.05) is 31.9 Å². The Morgan fingerprint density at radius 3 is 2.64 bits per heavy atom. The van der Waals surface area contributed by atoms with E-state index in [-0.39, 0.29) is 24.2 Å². The molecule has 0 spiro atoms. The van der Waals surface area contributed by atoms with Gasteiger partial charge in [0.15, 0.2) is 17.3 Å². The zero-order chi connectivity index (χ0) is 26.1. The third-order valence-electron chi connectivity index (χ3n) is 4.76. The van der Waals surface area contributed by atoms with Crippen LogP contribution >= 0.6 is 7.82 Å². The number of ether oxygens (including phenoxy) is 1. The van der Waals surface area contributed by atoms with E-state index in [9.17, 15) is 13.8 Å². The van der Waals surface area contributed by atoms with Crippen LogP contribution in [0.4, 0.5) is 10.2 Å². The summed E-state index contributed by atoms with van der Waals surface area (Å²) >= 11 is 0. The maximum atomic E-state index is 13.7. The molecule has 0 amide bonds. The first-order valence-corrected chi connectivity index (χ1v) is 12.5. The Bertz CT molecular complexity index is 1330. The lowest BCUT2D eigenvalue weighted by Crippen LogP contribution is -2.38. The van der Waals surface area contributed by atoms with E-state index in [0.717, 1.165) is 12.7 Å². The Morgan fingerprint density at radius 2 is 1.94 bits per heavy atom. The smallest absolute Gasteiger partial charge is 0.436 e. The Labute approximate surface area is 207 Å². The molecule has 3 aromatic heterocycles. The Kier molecular flexibility index (Phi) is 9.26. The predicted molar refractivity (Wildman–Crippen MR) is 129 cm³/mol. The first-order chi connectivity index (χ1) is 17.3. The number of anilines is 1. The van der Waals surface area contributed by atoms with Gasteiger partial charge in [-0.3, -0.25) is 10.3 Å². The van der Waals surface area contributed by atoms with Gasteiger partial charge in [-0.15, -0.1) is 0 Å². The fourth-order valence-corrected chi connectivity index (χ4v) is 3.40. The highest BCUT2D eigenvalue weighted by molar-refractivity contribution is 7.47. The van der Waals surface area contributed by atoms with Crippen molar-refractivity contribution in [1.82, 2.24) is 10.1 Å². The molecule has 0 saturated heterocycles. The van der Waals surface area contributed by atoms with Crippen LogP contribution in [-0.4, -0.2) is 22.1 Å². The van der Waals surface area contributed by atoms with Crippen LogP contribution in [-0.2, 0) is 26.8 Å². The minimum Gasteiger partial charge on any atom is -0.436 e.